The molecule has 1 aliphatic heterocycles. The first-order valence-corrected chi connectivity index (χ1v) is 8.04. The zero-order valence-corrected chi connectivity index (χ0v) is 14.3. The van der Waals surface area contributed by atoms with Crippen molar-refractivity contribution in [3.8, 4) is 0 Å². The summed E-state index contributed by atoms with van der Waals surface area (Å²) >= 11 is 0. The topological polar surface area (TPSA) is 31.6 Å². The van der Waals surface area contributed by atoms with Crippen molar-refractivity contribution in [3.05, 3.63) is 23.7 Å². The minimum absolute atomic E-state index is 0.135. The number of likely N-dealkylation sites (tertiary alicyclic amines) is 1. The van der Waals surface area contributed by atoms with Gasteiger partial charge in [0.25, 0.3) is 0 Å². The fourth-order valence-corrected chi connectivity index (χ4v) is 2.82. The van der Waals surface area contributed by atoms with Crippen LogP contribution >= 0.6 is 0 Å². The second-order valence-electron chi connectivity index (χ2n) is 7.47. The second kappa shape index (κ2) is 6.95. The summed E-state index contributed by atoms with van der Waals surface area (Å²) in [5, 5.41) is 3.54. The summed E-state index contributed by atoms with van der Waals surface area (Å²) < 4.78 is 5.73. The highest BCUT2D eigenvalue weighted by Gasteiger charge is 2.23. The predicted octanol–water partition coefficient (Wildman–Crippen LogP) is 2.69. The first-order chi connectivity index (χ1) is 9.85. The highest BCUT2D eigenvalue weighted by Crippen LogP contribution is 2.19. The molecule has 120 valence electrons. The lowest BCUT2D eigenvalue weighted by Gasteiger charge is -2.35. The number of nitrogens with one attached hydrogen (secondary N) is 1. The summed E-state index contributed by atoms with van der Waals surface area (Å²) in [7, 11) is 4.36. The fraction of sp³-hybridized carbons (Fsp3) is 0.765. The van der Waals surface area contributed by atoms with Crippen LogP contribution in [0.2, 0.25) is 0 Å². The molecule has 0 amide bonds. The minimum atomic E-state index is 0.135. The van der Waals surface area contributed by atoms with Gasteiger partial charge in [0.2, 0.25) is 0 Å². The number of likely N-dealkylation sites (N-methyl/N-ethyl adjacent to an activating group) is 1. The van der Waals surface area contributed by atoms with Crippen LogP contribution in [0, 0.1) is 0 Å². The molecule has 0 bridgehead atoms. The van der Waals surface area contributed by atoms with Gasteiger partial charge in [-0.2, -0.15) is 0 Å². The van der Waals surface area contributed by atoms with Crippen molar-refractivity contribution in [2.75, 3.05) is 27.2 Å². The van der Waals surface area contributed by atoms with Crippen molar-refractivity contribution in [1.29, 1.82) is 0 Å². The van der Waals surface area contributed by atoms with Crippen LogP contribution in [0.15, 0.2) is 16.7 Å². The predicted molar refractivity (Wildman–Crippen MR) is 87.3 cm³/mol. The summed E-state index contributed by atoms with van der Waals surface area (Å²) in [5.74, 6) is 1.12. The monoisotopic (exact) mass is 293 g/mol. The minimum Gasteiger partial charge on any atom is -0.468 e. The average molecular weight is 293 g/mol. The van der Waals surface area contributed by atoms with E-state index in [1.165, 1.54) is 24.9 Å². The van der Waals surface area contributed by atoms with Crippen LogP contribution in [0.1, 0.15) is 44.9 Å². The average Bonchev–Trinajstić information content (AvgIpc) is 2.83. The van der Waals surface area contributed by atoms with Gasteiger partial charge in [-0.1, -0.05) is 0 Å². The summed E-state index contributed by atoms with van der Waals surface area (Å²) in [6.07, 6.45) is 4.40. The summed E-state index contributed by atoms with van der Waals surface area (Å²) in [4.78, 5) is 4.87. The molecule has 1 aliphatic rings. The van der Waals surface area contributed by atoms with Crippen LogP contribution < -0.4 is 5.32 Å². The highest BCUT2D eigenvalue weighted by atomic mass is 16.3. The van der Waals surface area contributed by atoms with E-state index in [0.29, 0.717) is 6.04 Å². The van der Waals surface area contributed by atoms with Gasteiger partial charge in [0.1, 0.15) is 5.76 Å². The third kappa shape index (κ3) is 5.13. The van der Waals surface area contributed by atoms with Crippen molar-refractivity contribution >= 4 is 0 Å². The number of furan rings is 1. The van der Waals surface area contributed by atoms with Gasteiger partial charge in [-0.15, -0.1) is 0 Å². The van der Waals surface area contributed by atoms with Crippen molar-refractivity contribution in [2.24, 2.45) is 0 Å². The Morgan fingerprint density at radius 1 is 1.38 bits per heavy atom. The van der Waals surface area contributed by atoms with Crippen molar-refractivity contribution in [3.63, 3.8) is 0 Å². The molecule has 1 fully saturated rings. The molecule has 1 unspecified atom stereocenters. The molecule has 0 spiro atoms. The van der Waals surface area contributed by atoms with Gasteiger partial charge in [-0.05, 0) is 60.3 Å². The number of hydrogen-bond acceptors (Lipinski definition) is 4. The lowest BCUT2D eigenvalue weighted by atomic mass is 10.0. The van der Waals surface area contributed by atoms with E-state index in [4.69, 9.17) is 4.42 Å². The number of rotatable bonds is 5. The summed E-state index contributed by atoms with van der Waals surface area (Å²) in [6, 6.07) is 2.77. The highest BCUT2D eigenvalue weighted by molar-refractivity contribution is 5.17. The van der Waals surface area contributed by atoms with Gasteiger partial charge in [0, 0.05) is 30.2 Å². The Balaban J connectivity index is 1.92. The lowest BCUT2D eigenvalue weighted by molar-refractivity contribution is 0.121. The third-order valence-electron chi connectivity index (χ3n) is 4.22. The molecule has 21 heavy (non-hydrogen) atoms. The number of hydrogen-bond donors (Lipinski definition) is 1. The Hall–Kier alpha value is -0.840. The Kier molecular flexibility index (Phi) is 5.47. The largest absolute Gasteiger partial charge is 0.468 e. The Morgan fingerprint density at radius 3 is 2.81 bits per heavy atom. The Morgan fingerprint density at radius 2 is 2.14 bits per heavy atom. The van der Waals surface area contributed by atoms with E-state index in [9.17, 15) is 0 Å². The fourth-order valence-electron chi connectivity index (χ4n) is 2.82. The van der Waals surface area contributed by atoms with Crippen LogP contribution in [0.5, 0.6) is 0 Å². The van der Waals surface area contributed by atoms with E-state index >= 15 is 0 Å². The van der Waals surface area contributed by atoms with E-state index in [1.807, 2.05) is 6.26 Å². The molecule has 1 aromatic heterocycles. The zero-order chi connectivity index (χ0) is 15.5. The van der Waals surface area contributed by atoms with Gasteiger partial charge in [0.15, 0.2) is 0 Å². The van der Waals surface area contributed by atoms with Crippen LogP contribution in [-0.2, 0) is 13.1 Å². The number of nitrogens with zero attached hydrogens (tertiary/aromatic N) is 2. The molecule has 0 radical (unpaired) electrons. The standard InChI is InChI=1S/C17H31N3O/c1-17(2,3)18-11-14-8-10-21-16(14)13-20-9-6-7-15(12-20)19(4)5/h8,10,15,18H,6-7,9,11-13H2,1-5H3. The molecule has 1 saturated heterocycles. The van der Waals surface area contributed by atoms with Gasteiger partial charge in [0.05, 0.1) is 12.8 Å². The molecule has 2 rings (SSSR count). The molecular weight excluding hydrogens is 262 g/mol. The summed E-state index contributed by atoms with van der Waals surface area (Å²) in [5.41, 5.74) is 1.42. The Bertz CT molecular complexity index is 433. The van der Waals surface area contributed by atoms with E-state index in [0.717, 1.165) is 25.4 Å². The molecule has 1 atom stereocenters. The molecule has 4 heteroatoms. The molecule has 1 N–H and O–H groups in total. The van der Waals surface area contributed by atoms with Crippen LogP contribution in [0.3, 0.4) is 0 Å². The van der Waals surface area contributed by atoms with Crippen molar-refractivity contribution < 1.29 is 4.42 Å². The van der Waals surface area contributed by atoms with Gasteiger partial charge in [-0.3, -0.25) is 4.90 Å². The quantitative estimate of drug-likeness (QED) is 0.904. The Labute approximate surface area is 129 Å². The summed E-state index contributed by atoms with van der Waals surface area (Å²) in [6.45, 7) is 10.7. The SMILES string of the molecule is CN(C)C1CCCN(Cc2occc2CNC(C)(C)C)C1. The molecule has 0 aliphatic carbocycles. The lowest BCUT2D eigenvalue weighted by Crippen LogP contribution is -2.44. The van der Waals surface area contributed by atoms with Crippen molar-refractivity contribution in [2.45, 2.75) is 58.3 Å². The van der Waals surface area contributed by atoms with E-state index in [-0.39, 0.29) is 5.54 Å². The maximum Gasteiger partial charge on any atom is 0.122 e. The second-order valence-corrected chi connectivity index (χ2v) is 7.47. The van der Waals surface area contributed by atoms with Crippen LogP contribution in [0.4, 0.5) is 0 Å². The smallest absolute Gasteiger partial charge is 0.122 e. The van der Waals surface area contributed by atoms with E-state index < -0.39 is 0 Å². The van der Waals surface area contributed by atoms with Gasteiger partial charge in [-0.25, -0.2) is 0 Å². The molecule has 1 aromatic rings. The third-order valence-corrected chi connectivity index (χ3v) is 4.22. The number of piperidine rings is 1. The zero-order valence-electron chi connectivity index (χ0n) is 14.3. The van der Waals surface area contributed by atoms with Crippen LogP contribution in [0.25, 0.3) is 0 Å². The molecule has 2 heterocycles. The van der Waals surface area contributed by atoms with Gasteiger partial charge < -0.3 is 14.6 Å². The maximum absolute atomic E-state index is 5.73. The first kappa shape index (κ1) is 16.5. The van der Waals surface area contributed by atoms with Crippen molar-refractivity contribution in [1.82, 2.24) is 15.1 Å². The van der Waals surface area contributed by atoms with E-state index in [2.05, 4.69) is 56.0 Å². The van der Waals surface area contributed by atoms with E-state index in [1.54, 1.807) is 0 Å². The maximum atomic E-state index is 5.73. The molecular formula is C17H31N3O. The molecule has 0 saturated carbocycles. The van der Waals surface area contributed by atoms with Crippen LogP contribution in [-0.4, -0.2) is 48.6 Å². The first-order valence-electron chi connectivity index (χ1n) is 8.04. The van der Waals surface area contributed by atoms with Gasteiger partial charge >= 0.3 is 0 Å². The molecule has 4 nitrogen and oxygen atoms in total. The molecule has 0 aromatic carbocycles. The normalized spacial score (nSPS) is 21.1.